The van der Waals surface area contributed by atoms with Crippen LogP contribution in [-0.2, 0) is 13.2 Å². The number of alkyl halides is 6. The summed E-state index contributed by atoms with van der Waals surface area (Å²) in [6, 6.07) is 2.52. The second-order valence-electron chi connectivity index (χ2n) is 8.48. The topological polar surface area (TPSA) is 64.7 Å². The summed E-state index contributed by atoms with van der Waals surface area (Å²) < 4.78 is 85.2. The fourth-order valence-electron chi connectivity index (χ4n) is 3.93. The Balaban J connectivity index is 1.77. The molecule has 1 aromatic carbocycles. The average molecular weight is 532 g/mol. The third kappa shape index (κ3) is 4.84. The lowest BCUT2D eigenvalue weighted by Crippen LogP contribution is -2.36. The Kier molecular flexibility index (Phi) is 6.40. The standard InChI is InChI=1S/C22H20ClF6N7/c1-11(2)36-10-15(21(24,25)26)31-18(36)13-7-5-12(6-8-13)17(22(27,28)29)35(4)19-16-14(9-34(3)33-16)30-20(23)32-19/h5-11,17H,1-4H3/t17-/m1/s1. The minimum atomic E-state index is -4.74. The van der Waals surface area contributed by atoms with Crippen LogP contribution in [0.4, 0.5) is 32.2 Å². The molecule has 3 heterocycles. The van der Waals surface area contributed by atoms with Gasteiger partial charge in [0.25, 0.3) is 0 Å². The number of aryl methyl sites for hydroxylation is 1. The van der Waals surface area contributed by atoms with E-state index in [-0.39, 0.29) is 45.1 Å². The molecule has 0 aliphatic rings. The van der Waals surface area contributed by atoms with Gasteiger partial charge in [-0.3, -0.25) is 4.68 Å². The van der Waals surface area contributed by atoms with Crippen molar-refractivity contribution in [2.75, 3.05) is 11.9 Å². The second kappa shape index (κ2) is 8.95. The molecule has 0 amide bonds. The van der Waals surface area contributed by atoms with Crippen LogP contribution in [0.2, 0.25) is 5.28 Å². The first-order valence-electron chi connectivity index (χ1n) is 10.6. The molecule has 1 atom stereocenters. The Bertz CT molecular complexity index is 1390. The largest absolute Gasteiger partial charge is 0.434 e. The highest BCUT2D eigenvalue weighted by Gasteiger charge is 2.45. The lowest BCUT2D eigenvalue weighted by atomic mass is 10.0. The first-order chi connectivity index (χ1) is 16.7. The van der Waals surface area contributed by atoms with Gasteiger partial charge < -0.3 is 9.47 Å². The van der Waals surface area contributed by atoms with Crippen LogP contribution in [0.1, 0.15) is 37.2 Å². The number of rotatable bonds is 5. The fourth-order valence-corrected chi connectivity index (χ4v) is 4.11. The molecular weight excluding hydrogens is 512 g/mol. The summed E-state index contributed by atoms with van der Waals surface area (Å²) in [5, 5.41) is 3.92. The van der Waals surface area contributed by atoms with E-state index in [1.807, 2.05) is 0 Å². The van der Waals surface area contributed by atoms with Crippen molar-refractivity contribution in [2.24, 2.45) is 7.05 Å². The summed E-state index contributed by atoms with van der Waals surface area (Å²) in [5.41, 5.74) is -0.594. The molecule has 3 aromatic heterocycles. The number of halogens is 7. The number of anilines is 1. The first kappa shape index (κ1) is 25.7. The maximum absolute atomic E-state index is 14.3. The third-order valence-electron chi connectivity index (χ3n) is 5.53. The molecule has 4 rings (SSSR count). The predicted molar refractivity (Wildman–Crippen MR) is 122 cm³/mol. The molecule has 0 unspecified atom stereocenters. The molecule has 0 saturated heterocycles. The van der Waals surface area contributed by atoms with Crippen molar-refractivity contribution in [1.82, 2.24) is 29.3 Å². The van der Waals surface area contributed by atoms with Crippen molar-refractivity contribution >= 4 is 28.5 Å². The minimum Gasteiger partial charge on any atom is -0.342 e. The van der Waals surface area contributed by atoms with Crippen LogP contribution in [0.5, 0.6) is 0 Å². The number of fused-ring (bicyclic) bond motifs is 1. The summed E-state index contributed by atoms with van der Waals surface area (Å²) in [6.07, 6.45) is -7.01. The van der Waals surface area contributed by atoms with E-state index in [2.05, 4.69) is 20.1 Å². The van der Waals surface area contributed by atoms with E-state index in [0.717, 1.165) is 11.1 Å². The smallest absolute Gasteiger partial charge is 0.342 e. The normalized spacial score (nSPS) is 13.6. The molecule has 0 spiro atoms. The zero-order chi connectivity index (χ0) is 26.6. The number of benzene rings is 1. The molecule has 0 N–H and O–H groups in total. The molecule has 0 aliphatic heterocycles. The van der Waals surface area contributed by atoms with E-state index in [4.69, 9.17) is 11.6 Å². The van der Waals surface area contributed by atoms with Crippen LogP contribution in [0.3, 0.4) is 0 Å². The summed E-state index contributed by atoms with van der Waals surface area (Å²) in [6.45, 7) is 3.36. The fraction of sp³-hybridized carbons (Fsp3) is 0.364. The Hall–Kier alpha value is -3.35. The number of nitrogens with zero attached hydrogens (tertiary/aromatic N) is 7. The van der Waals surface area contributed by atoms with Crippen LogP contribution >= 0.6 is 11.6 Å². The van der Waals surface area contributed by atoms with Crippen LogP contribution in [0.15, 0.2) is 36.7 Å². The van der Waals surface area contributed by atoms with Crippen LogP contribution in [0, 0.1) is 0 Å². The van der Waals surface area contributed by atoms with Gasteiger partial charge in [0, 0.05) is 31.9 Å². The minimum absolute atomic E-state index is 0.00133. The van der Waals surface area contributed by atoms with Gasteiger partial charge in [0.2, 0.25) is 5.28 Å². The van der Waals surface area contributed by atoms with Gasteiger partial charge in [0.15, 0.2) is 23.1 Å². The average Bonchev–Trinajstić information content (AvgIpc) is 3.36. The molecule has 0 aliphatic carbocycles. The van der Waals surface area contributed by atoms with Crippen molar-refractivity contribution in [3.05, 3.63) is 53.2 Å². The number of hydrogen-bond donors (Lipinski definition) is 0. The maximum Gasteiger partial charge on any atom is 0.434 e. The Morgan fingerprint density at radius 1 is 0.944 bits per heavy atom. The van der Waals surface area contributed by atoms with Crippen molar-refractivity contribution in [3.8, 4) is 11.4 Å². The molecular formula is C22H20ClF6N7. The summed E-state index contributed by atoms with van der Waals surface area (Å²) >= 11 is 5.95. The summed E-state index contributed by atoms with van der Waals surface area (Å²) in [5.74, 6) is -0.124. The van der Waals surface area contributed by atoms with Crippen molar-refractivity contribution in [2.45, 2.75) is 38.3 Å². The van der Waals surface area contributed by atoms with Gasteiger partial charge in [-0.2, -0.15) is 36.4 Å². The highest BCUT2D eigenvalue weighted by molar-refractivity contribution is 6.28. The van der Waals surface area contributed by atoms with E-state index in [0.29, 0.717) is 0 Å². The van der Waals surface area contributed by atoms with Crippen LogP contribution < -0.4 is 4.90 Å². The highest BCUT2D eigenvalue weighted by Crippen LogP contribution is 2.41. The third-order valence-corrected chi connectivity index (χ3v) is 5.70. The lowest BCUT2D eigenvalue weighted by Gasteiger charge is -2.31. The molecule has 0 bridgehead atoms. The monoisotopic (exact) mass is 531 g/mol. The SMILES string of the molecule is CC(C)n1cc(C(F)(F)F)nc1-c1ccc([C@@H](N(C)c2nc(Cl)nc3cn(C)nc23)C(F)(F)F)cc1. The highest BCUT2D eigenvalue weighted by atomic mass is 35.5. The van der Waals surface area contributed by atoms with Crippen LogP contribution in [0.25, 0.3) is 22.4 Å². The van der Waals surface area contributed by atoms with E-state index in [1.54, 1.807) is 20.9 Å². The molecule has 4 aromatic rings. The van der Waals surface area contributed by atoms with Gasteiger partial charge in [-0.1, -0.05) is 24.3 Å². The van der Waals surface area contributed by atoms with E-state index in [9.17, 15) is 26.3 Å². The van der Waals surface area contributed by atoms with E-state index < -0.39 is 24.1 Å². The van der Waals surface area contributed by atoms with Crippen molar-refractivity contribution in [1.29, 1.82) is 0 Å². The number of hydrogen-bond acceptors (Lipinski definition) is 5. The maximum atomic E-state index is 14.3. The Morgan fingerprint density at radius 2 is 1.58 bits per heavy atom. The zero-order valence-corrected chi connectivity index (χ0v) is 20.2. The van der Waals surface area contributed by atoms with Gasteiger partial charge in [-0.25, -0.2) is 9.97 Å². The molecule has 192 valence electrons. The van der Waals surface area contributed by atoms with Gasteiger partial charge in [-0.15, -0.1) is 0 Å². The van der Waals surface area contributed by atoms with Gasteiger partial charge in [0.05, 0.1) is 6.20 Å². The first-order valence-corrected chi connectivity index (χ1v) is 11.0. The van der Waals surface area contributed by atoms with Gasteiger partial charge >= 0.3 is 12.4 Å². The number of imidazole rings is 1. The van der Waals surface area contributed by atoms with Gasteiger partial charge in [-0.05, 0) is 31.0 Å². The summed E-state index contributed by atoms with van der Waals surface area (Å²) in [7, 11) is 2.80. The zero-order valence-electron chi connectivity index (χ0n) is 19.4. The molecule has 14 heteroatoms. The lowest BCUT2D eigenvalue weighted by molar-refractivity contribution is -0.149. The predicted octanol–water partition coefficient (Wildman–Crippen LogP) is 6.22. The molecule has 0 radical (unpaired) electrons. The summed E-state index contributed by atoms with van der Waals surface area (Å²) in [4.78, 5) is 12.6. The molecule has 0 saturated carbocycles. The molecule has 7 nitrogen and oxygen atoms in total. The Labute approximate surface area is 206 Å². The van der Waals surface area contributed by atoms with E-state index in [1.165, 1.54) is 46.8 Å². The Morgan fingerprint density at radius 3 is 2.14 bits per heavy atom. The quantitative estimate of drug-likeness (QED) is 0.226. The molecule has 0 fully saturated rings. The molecule has 36 heavy (non-hydrogen) atoms. The van der Waals surface area contributed by atoms with Crippen LogP contribution in [-0.4, -0.2) is 42.5 Å². The number of aromatic nitrogens is 6. The van der Waals surface area contributed by atoms with Crippen molar-refractivity contribution in [3.63, 3.8) is 0 Å². The second-order valence-corrected chi connectivity index (χ2v) is 8.82. The van der Waals surface area contributed by atoms with E-state index >= 15 is 0 Å². The van der Waals surface area contributed by atoms with Crippen molar-refractivity contribution < 1.29 is 26.3 Å². The van der Waals surface area contributed by atoms with Gasteiger partial charge in [0.1, 0.15) is 11.3 Å².